The van der Waals surface area contributed by atoms with Crippen LogP contribution in [0.2, 0.25) is 0 Å². The van der Waals surface area contributed by atoms with Crippen molar-refractivity contribution in [1.82, 2.24) is 0 Å². The molecule has 1 amide bonds. The molecular formula is C21H18BrNO4S. The lowest BCUT2D eigenvalue weighted by atomic mass is 10.1. The van der Waals surface area contributed by atoms with Gasteiger partial charge in [-0.05, 0) is 42.8 Å². The Morgan fingerprint density at radius 1 is 1.07 bits per heavy atom. The summed E-state index contributed by atoms with van der Waals surface area (Å²) in [4.78, 5) is 25.5. The number of halogens is 1. The Morgan fingerprint density at radius 2 is 1.79 bits per heavy atom. The van der Waals surface area contributed by atoms with Gasteiger partial charge >= 0.3 is 5.97 Å². The molecule has 1 N–H and O–H groups in total. The third kappa shape index (κ3) is 5.21. The lowest BCUT2D eigenvalue weighted by molar-refractivity contribution is -0.118. The highest BCUT2D eigenvalue weighted by Gasteiger charge is 2.20. The van der Waals surface area contributed by atoms with Gasteiger partial charge in [0.25, 0.3) is 5.91 Å². The number of benzene rings is 2. The van der Waals surface area contributed by atoms with Gasteiger partial charge in [0.1, 0.15) is 10.8 Å². The van der Waals surface area contributed by atoms with Crippen LogP contribution in [0.1, 0.15) is 17.3 Å². The summed E-state index contributed by atoms with van der Waals surface area (Å²) in [5.74, 6) is -0.236. The molecule has 3 aromatic rings. The highest BCUT2D eigenvalue weighted by atomic mass is 79.9. The van der Waals surface area contributed by atoms with Gasteiger partial charge in [-0.25, -0.2) is 4.79 Å². The van der Waals surface area contributed by atoms with Crippen molar-refractivity contribution in [2.45, 2.75) is 6.92 Å². The van der Waals surface area contributed by atoms with E-state index in [2.05, 4.69) is 21.2 Å². The maximum absolute atomic E-state index is 12.3. The number of esters is 1. The summed E-state index contributed by atoms with van der Waals surface area (Å²) in [6.45, 7) is 1.84. The molecule has 0 radical (unpaired) electrons. The first-order valence-electron chi connectivity index (χ1n) is 8.61. The maximum Gasteiger partial charge on any atom is 0.341 e. The summed E-state index contributed by atoms with van der Waals surface area (Å²) in [5, 5.41) is 3.21. The molecule has 0 aliphatic heterocycles. The van der Waals surface area contributed by atoms with Crippen LogP contribution >= 0.6 is 27.3 Å². The Labute approximate surface area is 175 Å². The maximum atomic E-state index is 12.3. The second-order valence-electron chi connectivity index (χ2n) is 5.73. The number of hydrogen-bond donors (Lipinski definition) is 1. The first kappa shape index (κ1) is 20.1. The topological polar surface area (TPSA) is 64.6 Å². The largest absolute Gasteiger partial charge is 0.484 e. The molecule has 0 aliphatic rings. The average molecular weight is 460 g/mol. The van der Waals surface area contributed by atoms with Crippen LogP contribution in [0, 0.1) is 0 Å². The van der Waals surface area contributed by atoms with Crippen LogP contribution in [-0.4, -0.2) is 25.1 Å². The Morgan fingerprint density at radius 3 is 2.46 bits per heavy atom. The second-order valence-corrected chi connectivity index (χ2v) is 7.70. The van der Waals surface area contributed by atoms with E-state index >= 15 is 0 Å². The number of rotatable bonds is 7. The minimum atomic E-state index is -0.468. The summed E-state index contributed by atoms with van der Waals surface area (Å²) >= 11 is 4.67. The molecule has 0 bridgehead atoms. The zero-order valence-corrected chi connectivity index (χ0v) is 17.5. The van der Waals surface area contributed by atoms with Crippen molar-refractivity contribution in [2.24, 2.45) is 0 Å². The van der Waals surface area contributed by atoms with Crippen LogP contribution in [0.4, 0.5) is 5.00 Å². The fourth-order valence-corrected chi connectivity index (χ4v) is 3.76. The van der Waals surface area contributed by atoms with Gasteiger partial charge in [0.05, 0.1) is 12.2 Å². The van der Waals surface area contributed by atoms with Gasteiger partial charge in [-0.15, -0.1) is 11.3 Å². The Balaban J connectivity index is 1.75. The number of amides is 1. The predicted octanol–water partition coefficient (Wildman–Crippen LogP) is 5.37. The number of thiophene rings is 1. The lowest BCUT2D eigenvalue weighted by Crippen LogP contribution is -2.21. The highest BCUT2D eigenvalue weighted by Crippen LogP contribution is 2.36. The van der Waals surface area contributed by atoms with E-state index in [1.54, 1.807) is 25.1 Å². The molecule has 5 nitrogen and oxygen atoms in total. The molecule has 0 atom stereocenters. The van der Waals surface area contributed by atoms with Gasteiger partial charge in [-0.1, -0.05) is 46.3 Å². The number of carbonyl (C=O) groups is 2. The van der Waals surface area contributed by atoms with Crippen molar-refractivity contribution < 1.29 is 19.1 Å². The molecule has 0 saturated carbocycles. The number of carbonyl (C=O) groups excluding carboxylic acids is 2. The monoisotopic (exact) mass is 459 g/mol. The van der Waals surface area contributed by atoms with E-state index < -0.39 is 5.97 Å². The molecule has 1 aromatic heterocycles. The standard InChI is InChI=1S/C21H18BrNO4S/c1-2-26-21(25)17-12-18(14-6-4-3-5-7-14)28-20(17)23-19(24)13-27-16-10-8-15(22)9-11-16/h3-12H,2,13H2,1H3,(H,23,24). The molecule has 0 unspecified atom stereocenters. The number of hydrogen-bond acceptors (Lipinski definition) is 5. The zero-order valence-electron chi connectivity index (χ0n) is 15.1. The SMILES string of the molecule is CCOC(=O)c1cc(-c2ccccc2)sc1NC(=O)COc1ccc(Br)cc1. The Kier molecular flexibility index (Phi) is 6.84. The molecule has 2 aromatic carbocycles. The summed E-state index contributed by atoms with van der Waals surface area (Å²) in [5.41, 5.74) is 1.30. The molecule has 7 heteroatoms. The first-order chi connectivity index (χ1) is 13.6. The molecule has 0 spiro atoms. The molecule has 0 fully saturated rings. The molecule has 1 heterocycles. The van der Waals surface area contributed by atoms with E-state index in [4.69, 9.17) is 9.47 Å². The number of nitrogens with one attached hydrogen (secondary N) is 1. The summed E-state index contributed by atoms with van der Waals surface area (Å²) in [7, 11) is 0. The van der Waals surface area contributed by atoms with Crippen LogP contribution < -0.4 is 10.1 Å². The van der Waals surface area contributed by atoms with Crippen LogP contribution in [0.5, 0.6) is 5.75 Å². The van der Waals surface area contributed by atoms with Gasteiger partial charge in [-0.2, -0.15) is 0 Å². The second kappa shape index (κ2) is 9.52. The molecule has 28 heavy (non-hydrogen) atoms. The van der Waals surface area contributed by atoms with Gasteiger partial charge < -0.3 is 14.8 Å². The van der Waals surface area contributed by atoms with Gasteiger partial charge in [-0.3, -0.25) is 4.79 Å². The minimum absolute atomic E-state index is 0.164. The summed E-state index contributed by atoms with van der Waals surface area (Å²) in [6, 6.07) is 18.6. The summed E-state index contributed by atoms with van der Waals surface area (Å²) < 4.78 is 11.5. The smallest absolute Gasteiger partial charge is 0.341 e. The molecular weight excluding hydrogens is 442 g/mol. The van der Waals surface area contributed by atoms with Gasteiger partial charge in [0.2, 0.25) is 0 Å². The number of ether oxygens (including phenoxy) is 2. The van der Waals surface area contributed by atoms with Gasteiger partial charge in [0, 0.05) is 9.35 Å². The van der Waals surface area contributed by atoms with Crippen molar-refractivity contribution in [2.75, 3.05) is 18.5 Å². The zero-order chi connectivity index (χ0) is 19.9. The van der Waals surface area contributed by atoms with E-state index in [1.165, 1.54) is 11.3 Å². The average Bonchev–Trinajstić information content (AvgIpc) is 3.12. The van der Waals surface area contributed by atoms with E-state index in [0.29, 0.717) is 16.3 Å². The third-order valence-electron chi connectivity index (χ3n) is 3.72. The predicted molar refractivity (Wildman–Crippen MR) is 114 cm³/mol. The van der Waals surface area contributed by atoms with Crippen molar-refractivity contribution in [3.05, 3.63) is 70.7 Å². The van der Waals surface area contributed by atoms with Crippen LogP contribution in [0.25, 0.3) is 10.4 Å². The van der Waals surface area contributed by atoms with E-state index in [1.807, 2.05) is 42.5 Å². The Bertz CT molecular complexity index is 954. The fraction of sp³-hybridized carbons (Fsp3) is 0.143. The molecule has 0 aliphatic carbocycles. The summed E-state index contributed by atoms with van der Waals surface area (Å²) in [6.07, 6.45) is 0. The van der Waals surface area contributed by atoms with E-state index in [9.17, 15) is 9.59 Å². The highest BCUT2D eigenvalue weighted by molar-refractivity contribution is 9.10. The molecule has 0 saturated heterocycles. The molecule has 3 rings (SSSR count). The van der Waals surface area contributed by atoms with Crippen molar-refractivity contribution in [3.63, 3.8) is 0 Å². The lowest BCUT2D eigenvalue weighted by Gasteiger charge is -2.08. The Hall–Kier alpha value is -2.64. The van der Waals surface area contributed by atoms with Crippen molar-refractivity contribution in [1.29, 1.82) is 0 Å². The third-order valence-corrected chi connectivity index (χ3v) is 5.35. The van der Waals surface area contributed by atoms with E-state index in [-0.39, 0.29) is 19.1 Å². The van der Waals surface area contributed by atoms with Crippen LogP contribution in [-0.2, 0) is 9.53 Å². The van der Waals surface area contributed by atoms with Gasteiger partial charge in [0.15, 0.2) is 6.61 Å². The fourth-order valence-electron chi connectivity index (χ4n) is 2.43. The van der Waals surface area contributed by atoms with Crippen molar-refractivity contribution in [3.8, 4) is 16.2 Å². The first-order valence-corrected chi connectivity index (χ1v) is 10.2. The quantitative estimate of drug-likeness (QED) is 0.482. The number of anilines is 1. The normalized spacial score (nSPS) is 10.4. The molecule has 144 valence electrons. The van der Waals surface area contributed by atoms with E-state index in [0.717, 1.165) is 14.9 Å². The minimum Gasteiger partial charge on any atom is -0.484 e. The van der Waals surface area contributed by atoms with Crippen LogP contribution in [0.3, 0.4) is 0 Å². The van der Waals surface area contributed by atoms with Crippen LogP contribution in [0.15, 0.2) is 65.1 Å². The van der Waals surface area contributed by atoms with Crippen molar-refractivity contribution >= 4 is 44.1 Å².